The summed E-state index contributed by atoms with van der Waals surface area (Å²) < 4.78 is 4.94. The second-order valence-corrected chi connectivity index (χ2v) is 3.74. The van der Waals surface area contributed by atoms with Gasteiger partial charge in [0.15, 0.2) is 0 Å². The molecule has 0 amide bonds. The van der Waals surface area contributed by atoms with Crippen LogP contribution in [0, 0.1) is 0 Å². The molecule has 2 rings (SSSR count). The third kappa shape index (κ3) is 2.48. The predicted molar refractivity (Wildman–Crippen MR) is 70.0 cm³/mol. The molecular weight excluding hydrogens is 228 g/mol. The van der Waals surface area contributed by atoms with Crippen LogP contribution >= 0.6 is 0 Å². The monoisotopic (exact) mass is 242 g/mol. The number of nitrogens with zero attached hydrogens (tertiary/aromatic N) is 1. The van der Waals surface area contributed by atoms with Crippen LogP contribution in [0.2, 0.25) is 0 Å². The quantitative estimate of drug-likeness (QED) is 0.840. The van der Waals surface area contributed by atoms with Crippen LogP contribution in [0.15, 0.2) is 42.6 Å². The summed E-state index contributed by atoms with van der Waals surface area (Å²) in [5.41, 5.74) is 7.81. The standard InChI is InChI=1S/C14H14N2O2/c1-2-18-14(17)12-8-11(9-16-13(12)15)10-6-4-3-5-7-10/h3-9H,2H2,1H3,(H2,15,16). The summed E-state index contributed by atoms with van der Waals surface area (Å²) in [5, 5.41) is 0. The number of carbonyl (C=O) groups is 1. The molecule has 2 aromatic rings. The molecule has 1 aromatic carbocycles. The summed E-state index contributed by atoms with van der Waals surface area (Å²) >= 11 is 0. The smallest absolute Gasteiger partial charge is 0.341 e. The fraction of sp³-hybridized carbons (Fsp3) is 0.143. The van der Waals surface area contributed by atoms with Gasteiger partial charge in [0.1, 0.15) is 11.4 Å². The number of nitrogens with two attached hydrogens (primary N) is 1. The van der Waals surface area contributed by atoms with E-state index < -0.39 is 5.97 Å². The number of hydrogen-bond acceptors (Lipinski definition) is 4. The van der Waals surface area contributed by atoms with Crippen molar-refractivity contribution in [2.75, 3.05) is 12.3 Å². The Labute approximate surface area is 105 Å². The molecular formula is C14H14N2O2. The first-order valence-corrected chi connectivity index (χ1v) is 5.70. The maximum Gasteiger partial charge on any atom is 0.341 e. The zero-order valence-corrected chi connectivity index (χ0v) is 10.1. The molecule has 92 valence electrons. The van der Waals surface area contributed by atoms with Crippen LogP contribution in [0.25, 0.3) is 11.1 Å². The number of aromatic nitrogens is 1. The van der Waals surface area contributed by atoms with Gasteiger partial charge in [0, 0.05) is 11.8 Å². The lowest BCUT2D eigenvalue weighted by molar-refractivity contribution is 0.0527. The fourth-order valence-electron chi connectivity index (χ4n) is 1.64. The van der Waals surface area contributed by atoms with Crippen LogP contribution in [0.4, 0.5) is 5.82 Å². The van der Waals surface area contributed by atoms with Gasteiger partial charge in [-0.1, -0.05) is 30.3 Å². The Morgan fingerprint density at radius 3 is 2.67 bits per heavy atom. The Bertz CT molecular complexity index is 553. The van der Waals surface area contributed by atoms with Gasteiger partial charge in [0.25, 0.3) is 0 Å². The summed E-state index contributed by atoms with van der Waals surface area (Å²) in [6.07, 6.45) is 1.65. The van der Waals surface area contributed by atoms with Gasteiger partial charge in [0.05, 0.1) is 6.61 Å². The molecule has 0 aliphatic rings. The predicted octanol–water partition coefficient (Wildman–Crippen LogP) is 2.51. The third-order valence-corrected chi connectivity index (χ3v) is 2.52. The van der Waals surface area contributed by atoms with E-state index in [9.17, 15) is 4.79 Å². The minimum atomic E-state index is -0.444. The highest BCUT2D eigenvalue weighted by molar-refractivity contribution is 5.95. The summed E-state index contributed by atoms with van der Waals surface area (Å²) in [6, 6.07) is 11.4. The van der Waals surface area contributed by atoms with Crippen molar-refractivity contribution in [2.24, 2.45) is 0 Å². The summed E-state index contributed by atoms with van der Waals surface area (Å²) in [5.74, 6) is -0.256. The van der Waals surface area contributed by atoms with Crippen molar-refractivity contribution in [3.05, 3.63) is 48.2 Å². The highest BCUT2D eigenvalue weighted by Gasteiger charge is 2.13. The first kappa shape index (κ1) is 12.1. The van der Waals surface area contributed by atoms with Crippen LogP contribution < -0.4 is 5.73 Å². The number of benzene rings is 1. The molecule has 1 heterocycles. The van der Waals surface area contributed by atoms with Gasteiger partial charge < -0.3 is 10.5 Å². The number of pyridine rings is 1. The molecule has 0 unspecified atom stereocenters. The van der Waals surface area contributed by atoms with Crippen molar-refractivity contribution >= 4 is 11.8 Å². The molecule has 18 heavy (non-hydrogen) atoms. The van der Waals surface area contributed by atoms with Crippen molar-refractivity contribution in [2.45, 2.75) is 6.92 Å². The van der Waals surface area contributed by atoms with Gasteiger partial charge in [-0.25, -0.2) is 9.78 Å². The largest absolute Gasteiger partial charge is 0.462 e. The van der Waals surface area contributed by atoms with Gasteiger partial charge in [-0.2, -0.15) is 0 Å². The highest BCUT2D eigenvalue weighted by atomic mass is 16.5. The molecule has 0 spiro atoms. The molecule has 4 nitrogen and oxygen atoms in total. The van der Waals surface area contributed by atoms with Crippen molar-refractivity contribution in [1.29, 1.82) is 0 Å². The van der Waals surface area contributed by atoms with Crippen molar-refractivity contribution in [3.8, 4) is 11.1 Å². The lowest BCUT2D eigenvalue weighted by Crippen LogP contribution is -2.09. The number of anilines is 1. The molecule has 0 radical (unpaired) electrons. The van der Waals surface area contributed by atoms with Gasteiger partial charge in [-0.15, -0.1) is 0 Å². The first-order chi connectivity index (χ1) is 8.72. The zero-order chi connectivity index (χ0) is 13.0. The van der Waals surface area contributed by atoms with E-state index in [-0.39, 0.29) is 5.82 Å². The van der Waals surface area contributed by atoms with E-state index >= 15 is 0 Å². The van der Waals surface area contributed by atoms with E-state index in [1.807, 2.05) is 30.3 Å². The Balaban J connectivity index is 2.41. The van der Waals surface area contributed by atoms with Gasteiger partial charge >= 0.3 is 5.97 Å². The lowest BCUT2D eigenvalue weighted by atomic mass is 10.1. The number of nitrogen functional groups attached to an aromatic ring is 1. The number of rotatable bonds is 3. The van der Waals surface area contributed by atoms with Gasteiger partial charge in [0.2, 0.25) is 0 Å². The molecule has 0 aliphatic carbocycles. The van der Waals surface area contributed by atoms with E-state index in [4.69, 9.17) is 10.5 Å². The van der Waals surface area contributed by atoms with E-state index in [1.54, 1.807) is 19.2 Å². The van der Waals surface area contributed by atoms with Crippen LogP contribution in [0.5, 0.6) is 0 Å². The second kappa shape index (κ2) is 5.31. The SMILES string of the molecule is CCOC(=O)c1cc(-c2ccccc2)cnc1N. The minimum absolute atomic E-state index is 0.188. The topological polar surface area (TPSA) is 65.2 Å². The van der Waals surface area contributed by atoms with E-state index in [2.05, 4.69) is 4.98 Å². The fourth-order valence-corrected chi connectivity index (χ4v) is 1.64. The van der Waals surface area contributed by atoms with E-state index in [0.29, 0.717) is 12.2 Å². The van der Waals surface area contributed by atoms with Crippen LogP contribution in [0.1, 0.15) is 17.3 Å². The van der Waals surface area contributed by atoms with Crippen LogP contribution in [-0.4, -0.2) is 17.6 Å². The number of ether oxygens (including phenoxy) is 1. The Kier molecular flexibility index (Phi) is 3.57. The molecule has 1 aromatic heterocycles. The lowest BCUT2D eigenvalue weighted by Gasteiger charge is -2.07. The average Bonchev–Trinajstić information content (AvgIpc) is 2.40. The van der Waals surface area contributed by atoms with Gasteiger partial charge in [-0.05, 0) is 18.6 Å². The zero-order valence-electron chi connectivity index (χ0n) is 10.1. The van der Waals surface area contributed by atoms with Crippen molar-refractivity contribution in [1.82, 2.24) is 4.98 Å². The van der Waals surface area contributed by atoms with Crippen molar-refractivity contribution in [3.63, 3.8) is 0 Å². The first-order valence-electron chi connectivity index (χ1n) is 5.70. The molecule has 0 atom stereocenters. The molecule has 4 heteroatoms. The van der Waals surface area contributed by atoms with Crippen LogP contribution in [0.3, 0.4) is 0 Å². The Morgan fingerprint density at radius 1 is 1.28 bits per heavy atom. The third-order valence-electron chi connectivity index (χ3n) is 2.52. The number of carbonyl (C=O) groups excluding carboxylic acids is 1. The average molecular weight is 242 g/mol. The molecule has 0 saturated heterocycles. The van der Waals surface area contributed by atoms with E-state index in [1.165, 1.54) is 0 Å². The molecule has 0 fully saturated rings. The van der Waals surface area contributed by atoms with E-state index in [0.717, 1.165) is 11.1 Å². The second-order valence-electron chi connectivity index (χ2n) is 3.74. The number of hydrogen-bond donors (Lipinski definition) is 1. The molecule has 0 bridgehead atoms. The van der Waals surface area contributed by atoms with Gasteiger partial charge in [-0.3, -0.25) is 0 Å². The van der Waals surface area contributed by atoms with Crippen molar-refractivity contribution < 1.29 is 9.53 Å². The minimum Gasteiger partial charge on any atom is -0.462 e. The summed E-state index contributed by atoms with van der Waals surface area (Å²) in [6.45, 7) is 2.07. The highest BCUT2D eigenvalue weighted by Crippen LogP contribution is 2.22. The molecule has 0 aliphatic heterocycles. The molecule has 0 saturated carbocycles. The Hall–Kier alpha value is -2.36. The maximum atomic E-state index is 11.7. The normalized spacial score (nSPS) is 10.1. The summed E-state index contributed by atoms with van der Waals surface area (Å²) in [7, 11) is 0. The molecule has 2 N–H and O–H groups in total. The maximum absolute atomic E-state index is 11.7. The van der Waals surface area contributed by atoms with Crippen LogP contribution in [-0.2, 0) is 4.74 Å². The summed E-state index contributed by atoms with van der Waals surface area (Å²) in [4.78, 5) is 15.7. The number of esters is 1. The Morgan fingerprint density at radius 2 is 2.00 bits per heavy atom.